The molecule has 17 heavy (non-hydrogen) atoms. The summed E-state index contributed by atoms with van der Waals surface area (Å²) in [4.78, 5) is 13.4. The fourth-order valence-corrected chi connectivity index (χ4v) is 2.14. The summed E-state index contributed by atoms with van der Waals surface area (Å²) in [7, 11) is 0. The molecular weight excluding hydrogens is 236 g/mol. The minimum atomic E-state index is -0.0398. The number of carbonyl (C=O) groups is 1. The van der Waals surface area contributed by atoms with Gasteiger partial charge in [0.2, 0.25) is 5.91 Å². The molecule has 1 aliphatic rings. The van der Waals surface area contributed by atoms with Gasteiger partial charge in [0.25, 0.3) is 0 Å². The lowest BCUT2D eigenvalue weighted by molar-refractivity contribution is -0.117. The van der Waals surface area contributed by atoms with E-state index in [-0.39, 0.29) is 11.8 Å². The average Bonchev–Trinajstić information content (AvgIpc) is 2.65. The van der Waals surface area contributed by atoms with E-state index in [2.05, 4.69) is 5.92 Å². The molecule has 1 unspecified atom stereocenters. The first-order valence-corrected chi connectivity index (χ1v) is 5.73. The third kappa shape index (κ3) is 2.09. The van der Waals surface area contributed by atoms with E-state index in [1.165, 1.54) is 0 Å². The monoisotopic (exact) mass is 248 g/mol. The molecule has 0 radical (unpaired) electrons. The van der Waals surface area contributed by atoms with E-state index in [1.807, 2.05) is 6.92 Å². The SMILES string of the molecule is C#CC1CC(=O)N(c2cc(Cl)c(C)cc2N)C1. The van der Waals surface area contributed by atoms with Gasteiger partial charge in [-0.05, 0) is 24.6 Å². The smallest absolute Gasteiger partial charge is 0.228 e. The minimum absolute atomic E-state index is 0.000398. The van der Waals surface area contributed by atoms with Gasteiger partial charge in [0, 0.05) is 23.9 Å². The van der Waals surface area contributed by atoms with Crippen molar-refractivity contribution >= 4 is 28.9 Å². The molecule has 88 valence electrons. The molecule has 1 amide bonds. The summed E-state index contributed by atoms with van der Waals surface area (Å²) in [6.45, 7) is 2.39. The van der Waals surface area contributed by atoms with Crippen molar-refractivity contribution in [2.24, 2.45) is 5.92 Å². The Balaban J connectivity index is 2.39. The summed E-state index contributed by atoms with van der Waals surface area (Å²) in [5.41, 5.74) is 8.02. The van der Waals surface area contributed by atoms with Crippen LogP contribution in [0.3, 0.4) is 0 Å². The lowest BCUT2D eigenvalue weighted by Gasteiger charge is -2.19. The molecule has 1 atom stereocenters. The Labute approximate surface area is 106 Å². The molecule has 1 aromatic carbocycles. The van der Waals surface area contributed by atoms with Crippen molar-refractivity contribution in [2.75, 3.05) is 17.2 Å². The maximum atomic E-state index is 11.8. The average molecular weight is 249 g/mol. The zero-order chi connectivity index (χ0) is 12.6. The van der Waals surface area contributed by atoms with Crippen LogP contribution in [0.2, 0.25) is 5.02 Å². The van der Waals surface area contributed by atoms with Crippen LogP contribution in [0.25, 0.3) is 0 Å². The Morgan fingerprint density at radius 1 is 1.59 bits per heavy atom. The van der Waals surface area contributed by atoms with Gasteiger partial charge >= 0.3 is 0 Å². The Bertz CT molecular complexity index is 519. The molecule has 0 spiro atoms. The molecule has 1 heterocycles. The number of rotatable bonds is 1. The molecule has 0 bridgehead atoms. The number of hydrogen-bond acceptors (Lipinski definition) is 2. The second kappa shape index (κ2) is 4.31. The van der Waals surface area contributed by atoms with Crippen molar-refractivity contribution in [3.63, 3.8) is 0 Å². The van der Waals surface area contributed by atoms with Gasteiger partial charge in [-0.2, -0.15) is 0 Å². The van der Waals surface area contributed by atoms with Crippen LogP contribution in [-0.2, 0) is 4.79 Å². The van der Waals surface area contributed by atoms with Crippen molar-refractivity contribution in [3.8, 4) is 12.3 Å². The second-order valence-electron chi connectivity index (χ2n) is 4.23. The van der Waals surface area contributed by atoms with Crippen LogP contribution in [0.5, 0.6) is 0 Å². The van der Waals surface area contributed by atoms with E-state index in [0.29, 0.717) is 29.4 Å². The van der Waals surface area contributed by atoms with E-state index in [1.54, 1.807) is 17.0 Å². The molecular formula is C13H13ClN2O. The molecule has 1 saturated heterocycles. The van der Waals surface area contributed by atoms with Gasteiger partial charge in [0.1, 0.15) is 0 Å². The number of nitrogens with zero attached hydrogens (tertiary/aromatic N) is 1. The van der Waals surface area contributed by atoms with Gasteiger partial charge in [0.05, 0.1) is 11.4 Å². The van der Waals surface area contributed by atoms with Crippen LogP contribution in [-0.4, -0.2) is 12.5 Å². The Morgan fingerprint density at radius 3 is 2.88 bits per heavy atom. The predicted molar refractivity (Wildman–Crippen MR) is 69.9 cm³/mol. The van der Waals surface area contributed by atoms with Gasteiger partial charge in [-0.25, -0.2) is 0 Å². The molecule has 1 aromatic rings. The Hall–Kier alpha value is -1.66. The van der Waals surface area contributed by atoms with Crippen molar-refractivity contribution in [3.05, 3.63) is 22.7 Å². The van der Waals surface area contributed by atoms with Crippen LogP contribution in [0, 0.1) is 25.2 Å². The number of nitrogens with two attached hydrogens (primary N) is 1. The van der Waals surface area contributed by atoms with Gasteiger partial charge in [-0.15, -0.1) is 12.3 Å². The van der Waals surface area contributed by atoms with Crippen LogP contribution >= 0.6 is 11.6 Å². The van der Waals surface area contributed by atoms with E-state index in [9.17, 15) is 4.79 Å². The maximum Gasteiger partial charge on any atom is 0.228 e. The fourth-order valence-electron chi connectivity index (χ4n) is 1.98. The molecule has 0 aromatic heterocycles. The third-order valence-corrected chi connectivity index (χ3v) is 3.37. The largest absolute Gasteiger partial charge is 0.397 e. The highest BCUT2D eigenvalue weighted by molar-refractivity contribution is 6.32. The maximum absolute atomic E-state index is 11.8. The van der Waals surface area contributed by atoms with Gasteiger partial charge in [0.15, 0.2) is 0 Å². The number of amides is 1. The lowest BCUT2D eigenvalue weighted by Crippen LogP contribution is -2.25. The highest BCUT2D eigenvalue weighted by atomic mass is 35.5. The third-order valence-electron chi connectivity index (χ3n) is 2.96. The molecule has 1 aliphatic heterocycles. The molecule has 0 saturated carbocycles. The first-order chi connectivity index (χ1) is 8.02. The first-order valence-electron chi connectivity index (χ1n) is 5.35. The summed E-state index contributed by atoms with van der Waals surface area (Å²) < 4.78 is 0. The summed E-state index contributed by atoms with van der Waals surface area (Å²) >= 11 is 6.05. The summed E-state index contributed by atoms with van der Waals surface area (Å²) in [5.74, 6) is 2.56. The summed E-state index contributed by atoms with van der Waals surface area (Å²) in [6.07, 6.45) is 5.72. The van der Waals surface area contributed by atoms with E-state index in [4.69, 9.17) is 23.8 Å². The van der Waals surface area contributed by atoms with E-state index < -0.39 is 0 Å². The van der Waals surface area contributed by atoms with Crippen molar-refractivity contribution in [2.45, 2.75) is 13.3 Å². The second-order valence-corrected chi connectivity index (χ2v) is 4.64. The number of hydrogen-bond donors (Lipinski definition) is 1. The molecule has 3 nitrogen and oxygen atoms in total. The minimum Gasteiger partial charge on any atom is -0.397 e. The van der Waals surface area contributed by atoms with Gasteiger partial charge in [-0.3, -0.25) is 4.79 Å². The normalized spacial score (nSPS) is 19.5. The predicted octanol–water partition coefficient (Wildman–Crippen LogP) is 2.22. The number of aryl methyl sites for hydroxylation is 1. The van der Waals surface area contributed by atoms with E-state index >= 15 is 0 Å². The van der Waals surface area contributed by atoms with Crippen LogP contribution in [0.15, 0.2) is 12.1 Å². The standard InChI is InChI=1S/C13H13ClN2O/c1-3-9-5-13(17)16(7-9)12-6-10(14)8(2)4-11(12)15/h1,4,6,9H,5,7,15H2,2H3. The topological polar surface area (TPSA) is 46.3 Å². The molecule has 2 N–H and O–H groups in total. The van der Waals surface area contributed by atoms with Crippen LogP contribution < -0.4 is 10.6 Å². The Kier molecular flexibility index (Phi) is 2.99. The number of carbonyl (C=O) groups excluding carboxylic acids is 1. The molecule has 1 fully saturated rings. The highest BCUT2D eigenvalue weighted by Gasteiger charge is 2.30. The van der Waals surface area contributed by atoms with Crippen molar-refractivity contribution in [1.29, 1.82) is 0 Å². The van der Waals surface area contributed by atoms with Gasteiger partial charge < -0.3 is 10.6 Å². The number of halogens is 1. The van der Waals surface area contributed by atoms with Gasteiger partial charge in [-0.1, -0.05) is 11.6 Å². The number of terminal acetylenes is 1. The summed E-state index contributed by atoms with van der Waals surface area (Å²) in [6, 6.07) is 3.50. The highest BCUT2D eigenvalue weighted by Crippen LogP contribution is 2.33. The number of benzene rings is 1. The summed E-state index contributed by atoms with van der Waals surface area (Å²) in [5, 5.41) is 0.603. The zero-order valence-electron chi connectivity index (χ0n) is 9.53. The molecule has 4 heteroatoms. The fraction of sp³-hybridized carbons (Fsp3) is 0.308. The van der Waals surface area contributed by atoms with E-state index in [0.717, 1.165) is 5.56 Å². The van der Waals surface area contributed by atoms with Crippen molar-refractivity contribution in [1.82, 2.24) is 0 Å². The molecule has 0 aliphatic carbocycles. The zero-order valence-corrected chi connectivity index (χ0v) is 10.3. The Morgan fingerprint density at radius 2 is 2.29 bits per heavy atom. The quantitative estimate of drug-likeness (QED) is 0.612. The first kappa shape index (κ1) is 11.8. The number of nitrogen functional groups attached to an aromatic ring is 1. The van der Waals surface area contributed by atoms with Crippen molar-refractivity contribution < 1.29 is 4.79 Å². The lowest BCUT2D eigenvalue weighted by atomic mass is 10.1. The van der Waals surface area contributed by atoms with Crippen LogP contribution in [0.1, 0.15) is 12.0 Å². The number of anilines is 2. The van der Waals surface area contributed by atoms with Crippen LogP contribution in [0.4, 0.5) is 11.4 Å². The molecule has 2 rings (SSSR count).